The normalized spacial score (nSPS) is 10.8. The molecule has 170 valence electrons. The van der Waals surface area contributed by atoms with Crippen LogP contribution >= 0.6 is 0 Å². The molecule has 0 saturated heterocycles. The fourth-order valence-electron chi connectivity index (χ4n) is 3.11. The zero-order chi connectivity index (χ0) is 22.4. The summed E-state index contributed by atoms with van der Waals surface area (Å²) in [4.78, 5) is 0. The van der Waals surface area contributed by atoms with E-state index < -0.39 is 0 Å². The molecule has 0 atom stereocenters. The summed E-state index contributed by atoms with van der Waals surface area (Å²) in [5.41, 5.74) is 4.50. The van der Waals surface area contributed by atoms with Gasteiger partial charge in [-0.2, -0.15) is 0 Å². The van der Waals surface area contributed by atoms with Gasteiger partial charge in [0, 0.05) is 0 Å². The monoisotopic (exact) mass is 438 g/mol. The lowest BCUT2D eigenvalue weighted by Crippen LogP contribution is -2.09. The largest absolute Gasteiger partial charge is 0.491 e. The van der Waals surface area contributed by atoms with Gasteiger partial charge in [0.25, 0.3) is 0 Å². The molecule has 0 aliphatic carbocycles. The van der Waals surface area contributed by atoms with Crippen LogP contribution in [0, 0.1) is 0 Å². The summed E-state index contributed by atoms with van der Waals surface area (Å²) in [5.74, 6) is 1.58. The standard InChI is InChI=1S/C26H30O6/c27-13-15-29-17-19-31-25-9-5-23(6-10-25)21-1-2-22(4-3-21)24-7-11-26(12-8-24)32-20-18-30-16-14-28/h1-12,27-28H,13-20H2. The molecule has 6 heteroatoms. The van der Waals surface area contributed by atoms with Crippen LogP contribution in [0.5, 0.6) is 11.5 Å². The maximum Gasteiger partial charge on any atom is 0.119 e. The maximum atomic E-state index is 8.68. The Hall–Kier alpha value is -2.90. The lowest BCUT2D eigenvalue weighted by molar-refractivity contribution is 0.0705. The summed E-state index contributed by atoms with van der Waals surface area (Å²) in [6, 6.07) is 24.4. The Kier molecular flexibility index (Phi) is 10.0. The molecule has 0 aliphatic rings. The molecular formula is C26H30O6. The van der Waals surface area contributed by atoms with Gasteiger partial charge in [-0.3, -0.25) is 0 Å². The van der Waals surface area contributed by atoms with Gasteiger partial charge in [-0.05, 0) is 46.5 Å². The van der Waals surface area contributed by atoms with Crippen molar-refractivity contribution in [3.63, 3.8) is 0 Å². The highest BCUT2D eigenvalue weighted by Gasteiger charge is 2.03. The summed E-state index contributed by atoms with van der Waals surface area (Å²) in [6.07, 6.45) is 0. The molecule has 0 saturated carbocycles. The van der Waals surface area contributed by atoms with E-state index in [-0.39, 0.29) is 13.2 Å². The Labute approximate surface area is 189 Å². The van der Waals surface area contributed by atoms with E-state index in [4.69, 9.17) is 29.2 Å². The highest BCUT2D eigenvalue weighted by atomic mass is 16.5. The molecule has 3 rings (SSSR count). The van der Waals surface area contributed by atoms with E-state index in [1.807, 2.05) is 48.5 Å². The van der Waals surface area contributed by atoms with Gasteiger partial charge >= 0.3 is 0 Å². The minimum absolute atomic E-state index is 0.0236. The molecule has 0 aromatic heterocycles. The summed E-state index contributed by atoms with van der Waals surface area (Å²) < 4.78 is 21.7. The minimum atomic E-state index is 0.0236. The van der Waals surface area contributed by atoms with Crippen molar-refractivity contribution in [1.29, 1.82) is 0 Å². The van der Waals surface area contributed by atoms with Gasteiger partial charge in [-0.25, -0.2) is 0 Å². The summed E-state index contributed by atoms with van der Waals surface area (Å²) in [7, 11) is 0. The number of aliphatic hydroxyl groups excluding tert-OH is 2. The van der Waals surface area contributed by atoms with Crippen molar-refractivity contribution in [2.45, 2.75) is 0 Å². The van der Waals surface area contributed by atoms with Crippen molar-refractivity contribution in [2.24, 2.45) is 0 Å². The smallest absolute Gasteiger partial charge is 0.119 e. The van der Waals surface area contributed by atoms with E-state index >= 15 is 0 Å². The molecular weight excluding hydrogens is 408 g/mol. The zero-order valence-corrected chi connectivity index (χ0v) is 18.1. The van der Waals surface area contributed by atoms with Gasteiger partial charge in [0.2, 0.25) is 0 Å². The van der Waals surface area contributed by atoms with Gasteiger partial charge < -0.3 is 29.2 Å². The third kappa shape index (κ3) is 7.66. The van der Waals surface area contributed by atoms with Gasteiger partial charge in [0.1, 0.15) is 24.7 Å². The van der Waals surface area contributed by atoms with Crippen LogP contribution < -0.4 is 9.47 Å². The highest BCUT2D eigenvalue weighted by Crippen LogP contribution is 2.27. The second kappa shape index (κ2) is 13.5. The van der Waals surface area contributed by atoms with Gasteiger partial charge in [-0.1, -0.05) is 48.5 Å². The van der Waals surface area contributed by atoms with Gasteiger partial charge in [-0.15, -0.1) is 0 Å². The fourth-order valence-corrected chi connectivity index (χ4v) is 3.11. The van der Waals surface area contributed by atoms with E-state index in [9.17, 15) is 0 Å². The van der Waals surface area contributed by atoms with Crippen LogP contribution in [0.25, 0.3) is 22.3 Å². The summed E-state index contributed by atoms with van der Waals surface area (Å²) >= 11 is 0. The molecule has 0 heterocycles. The van der Waals surface area contributed by atoms with E-state index in [0.717, 1.165) is 33.8 Å². The molecule has 32 heavy (non-hydrogen) atoms. The van der Waals surface area contributed by atoms with Crippen molar-refractivity contribution in [1.82, 2.24) is 0 Å². The molecule has 0 spiro atoms. The lowest BCUT2D eigenvalue weighted by atomic mass is 10.0. The summed E-state index contributed by atoms with van der Waals surface area (Å²) in [6.45, 7) is 2.53. The molecule has 0 bridgehead atoms. The SMILES string of the molecule is OCCOCCOc1ccc(-c2ccc(-c3ccc(OCCOCCO)cc3)cc2)cc1. The molecule has 0 radical (unpaired) electrons. The van der Waals surface area contributed by atoms with Crippen LogP contribution in [0.3, 0.4) is 0 Å². The quantitative estimate of drug-likeness (QED) is 0.373. The Morgan fingerprint density at radius 3 is 1.03 bits per heavy atom. The van der Waals surface area contributed by atoms with Crippen molar-refractivity contribution < 1.29 is 29.2 Å². The molecule has 0 unspecified atom stereocenters. The zero-order valence-electron chi connectivity index (χ0n) is 18.1. The predicted octanol–water partition coefficient (Wildman–Crippen LogP) is 3.80. The van der Waals surface area contributed by atoms with Crippen LogP contribution in [0.15, 0.2) is 72.8 Å². The predicted molar refractivity (Wildman–Crippen MR) is 124 cm³/mol. The Morgan fingerprint density at radius 2 is 0.719 bits per heavy atom. The van der Waals surface area contributed by atoms with Crippen molar-refractivity contribution >= 4 is 0 Å². The number of hydrogen-bond acceptors (Lipinski definition) is 6. The lowest BCUT2D eigenvalue weighted by Gasteiger charge is -2.09. The first-order valence-corrected chi connectivity index (χ1v) is 10.7. The Balaban J connectivity index is 1.51. The highest BCUT2D eigenvalue weighted by molar-refractivity contribution is 5.71. The van der Waals surface area contributed by atoms with Crippen LogP contribution in [-0.4, -0.2) is 63.1 Å². The van der Waals surface area contributed by atoms with E-state index in [2.05, 4.69) is 24.3 Å². The van der Waals surface area contributed by atoms with Crippen LogP contribution in [0.1, 0.15) is 0 Å². The molecule has 3 aromatic rings. The van der Waals surface area contributed by atoms with Crippen molar-refractivity contribution in [3.8, 4) is 33.8 Å². The first-order chi connectivity index (χ1) is 15.8. The topological polar surface area (TPSA) is 77.4 Å². The molecule has 0 aliphatic heterocycles. The molecule has 0 amide bonds. The Bertz CT molecular complexity index is 815. The second-order valence-corrected chi connectivity index (χ2v) is 6.99. The average molecular weight is 439 g/mol. The molecule has 0 fully saturated rings. The van der Waals surface area contributed by atoms with Gasteiger partial charge in [0.05, 0.1) is 39.6 Å². The van der Waals surface area contributed by atoms with E-state index in [1.54, 1.807) is 0 Å². The Morgan fingerprint density at radius 1 is 0.406 bits per heavy atom. The molecule has 3 aromatic carbocycles. The maximum absolute atomic E-state index is 8.68. The number of ether oxygens (including phenoxy) is 4. The molecule has 2 N–H and O–H groups in total. The number of benzene rings is 3. The fraction of sp³-hybridized carbons (Fsp3) is 0.308. The number of aliphatic hydroxyl groups is 2. The number of hydrogen-bond donors (Lipinski definition) is 2. The van der Waals surface area contributed by atoms with E-state index in [1.165, 1.54) is 0 Å². The van der Waals surface area contributed by atoms with Crippen molar-refractivity contribution in [3.05, 3.63) is 72.8 Å². The van der Waals surface area contributed by atoms with Crippen LogP contribution in [0.4, 0.5) is 0 Å². The second-order valence-electron chi connectivity index (χ2n) is 6.99. The average Bonchev–Trinajstić information content (AvgIpc) is 2.85. The third-order valence-electron chi connectivity index (χ3n) is 4.72. The number of rotatable bonds is 14. The summed E-state index contributed by atoms with van der Waals surface area (Å²) in [5, 5.41) is 17.4. The van der Waals surface area contributed by atoms with Crippen molar-refractivity contribution in [2.75, 3.05) is 52.9 Å². The van der Waals surface area contributed by atoms with E-state index in [0.29, 0.717) is 39.6 Å². The molecule has 6 nitrogen and oxygen atoms in total. The van der Waals surface area contributed by atoms with Crippen LogP contribution in [0.2, 0.25) is 0 Å². The van der Waals surface area contributed by atoms with Crippen LogP contribution in [-0.2, 0) is 9.47 Å². The first-order valence-electron chi connectivity index (χ1n) is 10.7. The minimum Gasteiger partial charge on any atom is -0.491 e. The van der Waals surface area contributed by atoms with Gasteiger partial charge in [0.15, 0.2) is 0 Å². The third-order valence-corrected chi connectivity index (χ3v) is 4.72. The first kappa shape index (κ1) is 23.8.